The van der Waals surface area contributed by atoms with Crippen LogP contribution in [0, 0.1) is 0 Å². The van der Waals surface area contributed by atoms with Crippen LogP contribution in [0.4, 0.5) is 0 Å². The summed E-state index contributed by atoms with van der Waals surface area (Å²) in [5, 5.41) is 6.80. The molecule has 0 heterocycles. The Balaban J connectivity index is 1.58. The third kappa shape index (κ3) is 7.50. The minimum atomic E-state index is -0.102. The highest BCUT2D eigenvalue weighted by Gasteiger charge is 2.07. The van der Waals surface area contributed by atoms with Gasteiger partial charge in [0.15, 0.2) is 0 Å². The summed E-state index contributed by atoms with van der Waals surface area (Å²) in [5.41, 5.74) is 0. The van der Waals surface area contributed by atoms with Gasteiger partial charge in [-0.05, 0) is 24.3 Å². The van der Waals surface area contributed by atoms with Gasteiger partial charge in [-0.3, -0.25) is 9.59 Å². The number of thioether (sulfide) groups is 2. The molecule has 2 N–H and O–H groups in total. The molecular formula is C18H18Cl2N2O2S2. The summed E-state index contributed by atoms with van der Waals surface area (Å²) in [5.74, 6) is 0.351. The van der Waals surface area contributed by atoms with Crippen LogP contribution in [0.25, 0.3) is 0 Å². The van der Waals surface area contributed by atoms with E-state index in [4.69, 9.17) is 23.2 Å². The summed E-state index contributed by atoms with van der Waals surface area (Å²) in [6.45, 7) is 0.759. The third-order valence-electron chi connectivity index (χ3n) is 3.16. The van der Waals surface area contributed by atoms with Gasteiger partial charge in [0, 0.05) is 22.9 Å². The van der Waals surface area contributed by atoms with Gasteiger partial charge in [-0.15, -0.1) is 23.5 Å². The maximum Gasteiger partial charge on any atom is 0.230 e. The number of hydrogen-bond acceptors (Lipinski definition) is 4. The number of halogens is 2. The summed E-state index contributed by atoms with van der Waals surface area (Å²) >= 11 is 14.8. The number of carbonyl (C=O) groups excluding carboxylic acids is 2. The lowest BCUT2D eigenvalue weighted by molar-refractivity contribution is -0.120. The Morgan fingerprint density at radius 3 is 1.50 bits per heavy atom. The molecule has 2 rings (SSSR count). The quantitative estimate of drug-likeness (QED) is 0.465. The van der Waals surface area contributed by atoms with Crippen LogP contribution < -0.4 is 10.6 Å². The van der Waals surface area contributed by atoms with Crippen LogP contribution in [-0.4, -0.2) is 36.4 Å². The van der Waals surface area contributed by atoms with E-state index in [9.17, 15) is 9.59 Å². The van der Waals surface area contributed by atoms with Gasteiger partial charge in [0.2, 0.25) is 11.8 Å². The Morgan fingerprint density at radius 1 is 0.731 bits per heavy atom. The molecule has 8 heteroatoms. The average Bonchev–Trinajstić information content (AvgIpc) is 2.64. The normalized spacial score (nSPS) is 10.4. The molecule has 0 fully saturated rings. The number of carbonyl (C=O) groups is 2. The second kappa shape index (κ2) is 11.4. The fraction of sp³-hybridized carbons (Fsp3) is 0.222. The molecule has 2 aromatic rings. The maximum absolute atomic E-state index is 11.8. The Hall–Kier alpha value is -1.34. The zero-order valence-electron chi connectivity index (χ0n) is 13.8. The van der Waals surface area contributed by atoms with Crippen molar-refractivity contribution in [3.05, 3.63) is 58.6 Å². The molecule has 0 aromatic heterocycles. The minimum absolute atomic E-state index is 0.102. The van der Waals surface area contributed by atoms with Crippen molar-refractivity contribution in [2.75, 3.05) is 24.6 Å². The van der Waals surface area contributed by atoms with Crippen LogP contribution in [-0.2, 0) is 9.59 Å². The number of amides is 2. The number of hydrogen-bond donors (Lipinski definition) is 2. The highest BCUT2D eigenvalue weighted by molar-refractivity contribution is 8.00. The Bertz CT molecular complexity index is 696. The number of benzene rings is 2. The smallest absolute Gasteiger partial charge is 0.230 e. The summed E-state index contributed by atoms with van der Waals surface area (Å²) in [7, 11) is 0. The highest BCUT2D eigenvalue weighted by atomic mass is 35.5. The van der Waals surface area contributed by atoms with E-state index in [0.717, 1.165) is 9.79 Å². The van der Waals surface area contributed by atoms with Crippen molar-refractivity contribution in [1.29, 1.82) is 0 Å². The Labute approximate surface area is 171 Å². The molecule has 26 heavy (non-hydrogen) atoms. The predicted molar refractivity (Wildman–Crippen MR) is 110 cm³/mol. The van der Waals surface area contributed by atoms with Crippen molar-refractivity contribution in [3.63, 3.8) is 0 Å². The molecule has 0 radical (unpaired) electrons. The zero-order chi connectivity index (χ0) is 18.8. The van der Waals surface area contributed by atoms with E-state index in [1.54, 1.807) is 12.1 Å². The molecule has 0 aliphatic heterocycles. The average molecular weight is 429 g/mol. The van der Waals surface area contributed by atoms with E-state index < -0.39 is 0 Å². The Kier molecular flexibility index (Phi) is 9.18. The molecular weight excluding hydrogens is 411 g/mol. The van der Waals surface area contributed by atoms with E-state index in [-0.39, 0.29) is 23.3 Å². The van der Waals surface area contributed by atoms with Crippen molar-refractivity contribution < 1.29 is 9.59 Å². The van der Waals surface area contributed by atoms with Crippen molar-refractivity contribution in [2.45, 2.75) is 9.79 Å². The molecule has 0 saturated heterocycles. The van der Waals surface area contributed by atoms with E-state index in [1.807, 2.05) is 36.4 Å². The molecule has 0 spiro atoms. The monoisotopic (exact) mass is 428 g/mol. The largest absolute Gasteiger partial charge is 0.354 e. The molecule has 2 amide bonds. The van der Waals surface area contributed by atoms with E-state index in [2.05, 4.69) is 10.6 Å². The van der Waals surface area contributed by atoms with Gasteiger partial charge in [0.1, 0.15) is 0 Å². The van der Waals surface area contributed by atoms with Crippen LogP contribution in [0.1, 0.15) is 0 Å². The summed E-state index contributed by atoms with van der Waals surface area (Å²) in [6, 6.07) is 14.8. The van der Waals surface area contributed by atoms with E-state index >= 15 is 0 Å². The summed E-state index contributed by atoms with van der Waals surface area (Å²) in [6.07, 6.45) is 0. The first-order chi connectivity index (χ1) is 12.6. The topological polar surface area (TPSA) is 58.2 Å². The van der Waals surface area contributed by atoms with Gasteiger partial charge in [0.05, 0.1) is 21.6 Å². The van der Waals surface area contributed by atoms with Gasteiger partial charge in [0.25, 0.3) is 0 Å². The second-order valence-corrected chi connectivity index (χ2v) is 7.99. The first kappa shape index (κ1) is 21.0. The lowest BCUT2D eigenvalue weighted by atomic mass is 10.4. The molecule has 0 bridgehead atoms. The van der Waals surface area contributed by atoms with Gasteiger partial charge < -0.3 is 10.6 Å². The van der Waals surface area contributed by atoms with Crippen molar-refractivity contribution in [3.8, 4) is 0 Å². The first-order valence-electron chi connectivity index (χ1n) is 7.84. The molecule has 2 aromatic carbocycles. The number of nitrogens with one attached hydrogen (secondary N) is 2. The standard InChI is InChI=1S/C18H18Cl2N2O2S2/c19-13-5-1-3-7-15(13)25-11-17(23)21-9-10-22-18(24)12-26-16-8-4-2-6-14(16)20/h1-8H,9-12H2,(H,21,23)(H,22,24). The van der Waals surface area contributed by atoms with Crippen LogP contribution in [0.3, 0.4) is 0 Å². The SMILES string of the molecule is O=C(CSc1ccccc1Cl)NCCNC(=O)CSc1ccccc1Cl. The summed E-state index contributed by atoms with van der Waals surface area (Å²) < 4.78 is 0. The lowest BCUT2D eigenvalue weighted by Gasteiger charge is -2.08. The second-order valence-electron chi connectivity index (χ2n) is 5.14. The van der Waals surface area contributed by atoms with Gasteiger partial charge in [-0.2, -0.15) is 0 Å². The molecule has 138 valence electrons. The van der Waals surface area contributed by atoms with E-state index in [0.29, 0.717) is 23.1 Å². The summed E-state index contributed by atoms with van der Waals surface area (Å²) in [4.78, 5) is 25.4. The van der Waals surface area contributed by atoms with E-state index in [1.165, 1.54) is 23.5 Å². The Morgan fingerprint density at radius 2 is 1.12 bits per heavy atom. The molecule has 0 atom stereocenters. The molecule has 0 saturated carbocycles. The van der Waals surface area contributed by atoms with Crippen LogP contribution in [0.15, 0.2) is 58.3 Å². The van der Waals surface area contributed by atoms with Crippen molar-refractivity contribution in [1.82, 2.24) is 10.6 Å². The van der Waals surface area contributed by atoms with Gasteiger partial charge in [-0.1, -0.05) is 47.5 Å². The van der Waals surface area contributed by atoms with Crippen LogP contribution in [0.5, 0.6) is 0 Å². The van der Waals surface area contributed by atoms with Crippen molar-refractivity contribution >= 4 is 58.5 Å². The van der Waals surface area contributed by atoms with Gasteiger partial charge in [-0.25, -0.2) is 0 Å². The van der Waals surface area contributed by atoms with Gasteiger partial charge >= 0.3 is 0 Å². The van der Waals surface area contributed by atoms with Crippen LogP contribution >= 0.6 is 46.7 Å². The first-order valence-corrected chi connectivity index (χ1v) is 10.6. The van der Waals surface area contributed by atoms with Crippen LogP contribution in [0.2, 0.25) is 10.0 Å². The fourth-order valence-electron chi connectivity index (χ4n) is 1.92. The molecule has 0 aliphatic rings. The fourth-order valence-corrected chi connectivity index (χ4v) is 4.05. The third-order valence-corrected chi connectivity index (χ3v) is 6.19. The van der Waals surface area contributed by atoms with Crippen molar-refractivity contribution in [2.24, 2.45) is 0 Å². The number of rotatable bonds is 9. The molecule has 0 aliphatic carbocycles. The molecule has 0 unspecified atom stereocenters. The maximum atomic E-state index is 11.8. The minimum Gasteiger partial charge on any atom is -0.354 e. The highest BCUT2D eigenvalue weighted by Crippen LogP contribution is 2.26. The lowest BCUT2D eigenvalue weighted by Crippen LogP contribution is -2.36. The molecule has 4 nitrogen and oxygen atoms in total. The predicted octanol–water partition coefficient (Wildman–Crippen LogP) is 4.11. The zero-order valence-corrected chi connectivity index (χ0v) is 17.0.